The first kappa shape index (κ1) is 21.4. The van der Waals surface area contributed by atoms with Crippen LogP contribution < -0.4 is 4.74 Å². The molecule has 30 heavy (non-hydrogen) atoms. The van der Waals surface area contributed by atoms with Gasteiger partial charge in [-0.3, -0.25) is 19.3 Å². The Kier molecular flexibility index (Phi) is 5.84. The second-order valence-corrected chi connectivity index (χ2v) is 9.22. The van der Waals surface area contributed by atoms with Crippen molar-refractivity contribution in [3.8, 4) is 5.75 Å². The molecular weight excluding hydrogens is 410 g/mol. The monoisotopic (exact) mass is 429 g/mol. The highest BCUT2D eigenvalue weighted by molar-refractivity contribution is 7.90. The minimum absolute atomic E-state index is 0.103. The van der Waals surface area contributed by atoms with E-state index in [0.29, 0.717) is 5.56 Å². The number of hydrogen-bond donors (Lipinski definition) is 0. The van der Waals surface area contributed by atoms with Crippen molar-refractivity contribution in [2.24, 2.45) is 0 Å². The number of Topliss-reactive ketones (excluding diaryl/α,β-unsaturated/α-hetero) is 1. The summed E-state index contributed by atoms with van der Waals surface area (Å²) in [7, 11) is -3.47. The molecule has 0 fully saturated rings. The molecule has 0 unspecified atom stereocenters. The summed E-state index contributed by atoms with van der Waals surface area (Å²) in [6.07, 6.45) is 0.701. The van der Waals surface area contributed by atoms with Gasteiger partial charge in [0.05, 0.1) is 16.9 Å². The van der Waals surface area contributed by atoms with Gasteiger partial charge in [0.1, 0.15) is 21.6 Å². The molecule has 8 nitrogen and oxygen atoms in total. The summed E-state index contributed by atoms with van der Waals surface area (Å²) < 4.78 is 28.6. The molecule has 2 aromatic carbocycles. The van der Waals surface area contributed by atoms with Gasteiger partial charge in [0.25, 0.3) is 11.8 Å². The van der Waals surface area contributed by atoms with Crippen LogP contribution in [0.15, 0.2) is 48.5 Å². The van der Waals surface area contributed by atoms with Gasteiger partial charge in [-0.05, 0) is 49.7 Å². The first-order valence-corrected chi connectivity index (χ1v) is 11.1. The van der Waals surface area contributed by atoms with Crippen molar-refractivity contribution in [3.63, 3.8) is 0 Å². The number of rotatable bonds is 7. The van der Waals surface area contributed by atoms with Gasteiger partial charge in [-0.25, -0.2) is 13.2 Å². The van der Waals surface area contributed by atoms with Crippen molar-refractivity contribution < 1.29 is 32.3 Å². The molecule has 0 aromatic heterocycles. The summed E-state index contributed by atoms with van der Waals surface area (Å²) in [6, 6.07) is 10.5. The van der Waals surface area contributed by atoms with Gasteiger partial charge in [0, 0.05) is 11.8 Å². The Morgan fingerprint density at radius 2 is 1.50 bits per heavy atom. The van der Waals surface area contributed by atoms with E-state index in [0.717, 1.165) is 11.2 Å². The smallest absolute Gasteiger partial charge is 0.334 e. The second-order valence-electron chi connectivity index (χ2n) is 6.96. The van der Waals surface area contributed by atoms with Gasteiger partial charge < -0.3 is 4.74 Å². The molecule has 1 heterocycles. The molecule has 9 heteroatoms. The van der Waals surface area contributed by atoms with Crippen molar-refractivity contribution >= 4 is 33.4 Å². The maximum Gasteiger partial charge on any atom is 0.334 e. The summed E-state index contributed by atoms with van der Waals surface area (Å²) in [5.41, 5.74) is 0.708. The van der Waals surface area contributed by atoms with E-state index in [2.05, 4.69) is 0 Å². The van der Waals surface area contributed by atoms with Crippen LogP contribution >= 0.6 is 0 Å². The average Bonchev–Trinajstić information content (AvgIpc) is 2.93. The number of fused-ring (bicyclic) bond motifs is 1. The molecule has 0 bridgehead atoms. The Hall–Kier alpha value is -3.33. The van der Waals surface area contributed by atoms with Crippen LogP contribution in [0, 0.1) is 0 Å². The van der Waals surface area contributed by atoms with E-state index in [4.69, 9.17) is 4.74 Å². The molecule has 0 aliphatic carbocycles. The van der Waals surface area contributed by atoms with E-state index in [1.165, 1.54) is 43.3 Å². The zero-order chi connectivity index (χ0) is 22.1. The molecule has 0 saturated heterocycles. The van der Waals surface area contributed by atoms with Crippen LogP contribution in [0.25, 0.3) is 0 Å². The molecule has 0 spiro atoms. The number of carbonyl (C=O) groups is 4. The SMILES string of the molecule is CC(=O)c1ccc(OC(=O)[C@@H](CCS(C)(=O)=O)N2C(=O)c3ccccc3C2=O)cc1. The van der Waals surface area contributed by atoms with Crippen LogP contribution in [0.3, 0.4) is 0 Å². The molecule has 0 radical (unpaired) electrons. The summed E-state index contributed by atoms with van der Waals surface area (Å²) in [5, 5.41) is 0. The van der Waals surface area contributed by atoms with Crippen molar-refractivity contribution in [1.82, 2.24) is 4.90 Å². The minimum Gasteiger partial charge on any atom is -0.425 e. The van der Waals surface area contributed by atoms with E-state index in [-0.39, 0.29) is 29.1 Å². The zero-order valence-electron chi connectivity index (χ0n) is 16.3. The average molecular weight is 429 g/mol. The lowest BCUT2D eigenvalue weighted by atomic mass is 10.1. The third kappa shape index (κ3) is 4.46. The molecule has 2 aromatic rings. The maximum atomic E-state index is 12.8. The lowest BCUT2D eigenvalue weighted by molar-refractivity contribution is -0.138. The highest BCUT2D eigenvalue weighted by atomic mass is 32.2. The standard InChI is InChI=1S/C21H19NO7S/c1-13(23)14-7-9-15(10-8-14)29-21(26)18(11-12-30(2,27)28)22-19(24)16-5-3-4-6-17(16)20(22)25/h3-10,18H,11-12H2,1-2H3/t18-/m1/s1. The fourth-order valence-corrected chi connectivity index (χ4v) is 3.76. The van der Waals surface area contributed by atoms with Crippen LogP contribution in [-0.4, -0.2) is 54.9 Å². The first-order chi connectivity index (χ1) is 14.1. The number of hydrogen-bond acceptors (Lipinski definition) is 7. The number of ketones is 1. The Morgan fingerprint density at radius 3 is 1.97 bits per heavy atom. The minimum atomic E-state index is -3.47. The second kappa shape index (κ2) is 8.19. The van der Waals surface area contributed by atoms with Gasteiger partial charge in [0.2, 0.25) is 0 Å². The quantitative estimate of drug-likeness (QED) is 0.286. The molecule has 3 rings (SSSR count). The third-order valence-electron chi connectivity index (χ3n) is 4.65. The molecule has 0 N–H and O–H groups in total. The third-order valence-corrected chi connectivity index (χ3v) is 5.63. The predicted octanol–water partition coefficient (Wildman–Crippen LogP) is 1.89. The van der Waals surface area contributed by atoms with E-state index >= 15 is 0 Å². The predicted molar refractivity (Wildman–Crippen MR) is 107 cm³/mol. The van der Waals surface area contributed by atoms with Crippen LogP contribution in [0.5, 0.6) is 5.75 Å². The normalized spacial score (nSPS) is 14.4. The van der Waals surface area contributed by atoms with Crippen LogP contribution in [0.2, 0.25) is 0 Å². The fraction of sp³-hybridized carbons (Fsp3) is 0.238. The number of amides is 2. The molecule has 1 aliphatic heterocycles. The van der Waals surface area contributed by atoms with Crippen molar-refractivity contribution in [1.29, 1.82) is 0 Å². The van der Waals surface area contributed by atoms with Gasteiger partial charge in [-0.2, -0.15) is 0 Å². The highest BCUT2D eigenvalue weighted by Crippen LogP contribution is 2.27. The summed E-state index contributed by atoms with van der Waals surface area (Å²) in [5.74, 6) is -2.78. The van der Waals surface area contributed by atoms with Gasteiger partial charge in [-0.15, -0.1) is 0 Å². The fourth-order valence-electron chi connectivity index (χ4n) is 3.11. The Bertz CT molecular complexity index is 1100. The molecule has 156 valence electrons. The number of esters is 1. The number of nitrogens with zero attached hydrogens (tertiary/aromatic N) is 1. The molecule has 1 atom stereocenters. The van der Waals surface area contributed by atoms with E-state index in [9.17, 15) is 27.6 Å². The Labute approximate surface area is 173 Å². The topological polar surface area (TPSA) is 115 Å². The largest absolute Gasteiger partial charge is 0.425 e. The molecule has 2 amide bonds. The van der Waals surface area contributed by atoms with Gasteiger partial charge >= 0.3 is 5.97 Å². The Morgan fingerprint density at radius 1 is 0.967 bits per heavy atom. The molecular formula is C21H19NO7S. The summed E-state index contributed by atoms with van der Waals surface area (Å²) >= 11 is 0. The maximum absolute atomic E-state index is 12.8. The zero-order valence-corrected chi connectivity index (χ0v) is 17.1. The van der Waals surface area contributed by atoms with E-state index in [1.807, 2.05) is 0 Å². The van der Waals surface area contributed by atoms with Crippen LogP contribution in [0.1, 0.15) is 44.4 Å². The number of sulfone groups is 1. The first-order valence-electron chi connectivity index (χ1n) is 9.06. The number of ether oxygens (including phenoxy) is 1. The summed E-state index contributed by atoms with van der Waals surface area (Å²) in [6.45, 7) is 1.39. The summed E-state index contributed by atoms with van der Waals surface area (Å²) in [4.78, 5) is 50.5. The molecule has 1 aliphatic rings. The lowest BCUT2D eigenvalue weighted by Crippen LogP contribution is -2.47. The van der Waals surface area contributed by atoms with Crippen LogP contribution in [-0.2, 0) is 14.6 Å². The van der Waals surface area contributed by atoms with Gasteiger partial charge in [-0.1, -0.05) is 12.1 Å². The number of carbonyl (C=O) groups excluding carboxylic acids is 4. The number of imide groups is 1. The van der Waals surface area contributed by atoms with Crippen LogP contribution in [0.4, 0.5) is 0 Å². The Balaban J connectivity index is 1.89. The van der Waals surface area contributed by atoms with Crippen molar-refractivity contribution in [2.45, 2.75) is 19.4 Å². The number of benzene rings is 2. The molecule has 0 saturated carbocycles. The van der Waals surface area contributed by atoms with Gasteiger partial charge in [0.15, 0.2) is 5.78 Å². The van der Waals surface area contributed by atoms with Crippen molar-refractivity contribution in [2.75, 3.05) is 12.0 Å². The van der Waals surface area contributed by atoms with E-state index in [1.54, 1.807) is 12.1 Å². The van der Waals surface area contributed by atoms with E-state index < -0.39 is 39.4 Å². The lowest BCUT2D eigenvalue weighted by Gasteiger charge is -2.24. The highest BCUT2D eigenvalue weighted by Gasteiger charge is 2.43. The van der Waals surface area contributed by atoms with Crippen molar-refractivity contribution in [3.05, 3.63) is 65.2 Å².